The summed E-state index contributed by atoms with van der Waals surface area (Å²) in [4.78, 5) is 2.14. The molecule has 2 aliphatic rings. The van der Waals surface area contributed by atoms with E-state index in [0.717, 1.165) is 19.4 Å². The molecule has 2 heterocycles. The average Bonchev–Trinajstić information content (AvgIpc) is 2.48. The Hall–Kier alpha value is -0.290. The number of fused-ring (bicyclic) bond motifs is 1. The molecule has 0 amide bonds. The fraction of sp³-hybridized carbons (Fsp3) is 1.00. The summed E-state index contributed by atoms with van der Waals surface area (Å²) in [5, 5.41) is 0. The number of piperidine rings is 1. The Morgan fingerprint density at radius 2 is 2.00 bits per heavy atom. The second-order valence-corrected chi connectivity index (χ2v) is 4.44. The summed E-state index contributed by atoms with van der Waals surface area (Å²) in [6, 6.07) is 0.0652. The lowest BCUT2D eigenvalue weighted by Crippen LogP contribution is -2.61. The van der Waals surface area contributed by atoms with E-state index in [4.69, 9.17) is 5.73 Å². The maximum atomic E-state index is 12.6. The predicted octanol–water partition coefficient (Wildman–Crippen LogP) is 1.50. The van der Waals surface area contributed by atoms with Gasteiger partial charge in [0.25, 0.3) is 0 Å². The van der Waals surface area contributed by atoms with Gasteiger partial charge < -0.3 is 10.6 Å². The van der Waals surface area contributed by atoms with Gasteiger partial charge in [-0.3, -0.25) is 0 Å². The van der Waals surface area contributed by atoms with Crippen molar-refractivity contribution in [2.75, 3.05) is 13.1 Å². The zero-order chi connectivity index (χ0) is 10.4. The zero-order valence-corrected chi connectivity index (χ0v) is 7.98. The van der Waals surface area contributed by atoms with Crippen molar-refractivity contribution in [2.24, 2.45) is 5.73 Å². The highest BCUT2D eigenvalue weighted by Crippen LogP contribution is 2.41. The predicted molar refractivity (Wildman–Crippen MR) is 46.8 cm³/mol. The van der Waals surface area contributed by atoms with Gasteiger partial charge in [-0.25, -0.2) is 0 Å². The number of alkyl halides is 3. The standard InChI is InChI=1S/C9H15F3N2/c10-9(11,12)8(13)3-5-14-4-1-2-7(14)6-8/h7H,1-6,13H2. The van der Waals surface area contributed by atoms with Crippen LogP contribution >= 0.6 is 0 Å². The number of hydrogen-bond acceptors (Lipinski definition) is 2. The minimum Gasteiger partial charge on any atom is -0.318 e. The molecule has 2 fully saturated rings. The van der Waals surface area contributed by atoms with E-state index in [-0.39, 0.29) is 18.9 Å². The largest absolute Gasteiger partial charge is 0.406 e. The molecule has 0 aliphatic carbocycles. The van der Waals surface area contributed by atoms with E-state index in [1.807, 2.05) is 0 Å². The van der Waals surface area contributed by atoms with Gasteiger partial charge in [-0.15, -0.1) is 0 Å². The Bertz CT molecular complexity index is 229. The molecule has 2 unspecified atom stereocenters. The van der Waals surface area contributed by atoms with Crippen molar-refractivity contribution in [1.82, 2.24) is 4.90 Å². The molecule has 2 N–H and O–H groups in total. The van der Waals surface area contributed by atoms with Crippen molar-refractivity contribution in [3.63, 3.8) is 0 Å². The van der Waals surface area contributed by atoms with Crippen molar-refractivity contribution < 1.29 is 13.2 Å². The highest BCUT2D eigenvalue weighted by atomic mass is 19.4. The van der Waals surface area contributed by atoms with Crippen LogP contribution in [0.2, 0.25) is 0 Å². The van der Waals surface area contributed by atoms with Gasteiger partial charge in [0.05, 0.1) is 0 Å². The van der Waals surface area contributed by atoms with E-state index >= 15 is 0 Å². The van der Waals surface area contributed by atoms with Crippen LogP contribution in [0.4, 0.5) is 13.2 Å². The highest BCUT2D eigenvalue weighted by Gasteiger charge is 2.55. The molecule has 82 valence electrons. The molecule has 0 spiro atoms. The van der Waals surface area contributed by atoms with Crippen LogP contribution < -0.4 is 5.73 Å². The second-order valence-electron chi connectivity index (χ2n) is 4.44. The van der Waals surface area contributed by atoms with Crippen LogP contribution in [0, 0.1) is 0 Å². The van der Waals surface area contributed by atoms with E-state index in [2.05, 4.69) is 4.90 Å². The SMILES string of the molecule is NC1(C(F)(F)F)CCN2CCCC2C1. The van der Waals surface area contributed by atoms with E-state index in [1.165, 1.54) is 0 Å². The molecule has 2 nitrogen and oxygen atoms in total. The van der Waals surface area contributed by atoms with Crippen molar-refractivity contribution in [3.05, 3.63) is 0 Å². The lowest BCUT2D eigenvalue weighted by atomic mass is 9.83. The third-order valence-electron chi connectivity index (χ3n) is 3.51. The van der Waals surface area contributed by atoms with Gasteiger partial charge in [-0.1, -0.05) is 0 Å². The summed E-state index contributed by atoms with van der Waals surface area (Å²) in [7, 11) is 0. The molecule has 0 aromatic carbocycles. The van der Waals surface area contributed by atoms with Gasteiger partial charge in [0.1, 0.15) is 5.54 Å². The fourth-order valence-electron chi connectivity index (χ4n) is 2.54. The van der Waals surface area contributed by atoms with Gasteiger partial charge in [0.15, 0.2) is 0 Å². The van der Waals surface area contributed by atoms with Crippen molar-refractivity contribution in [2.45, 2.75) is 43.4 Å². The Balaban J connectivity index is 2.10. The molecule has 0 aromatic rings. The van der Waals surface area contributed by atoms with Gasteiger partial charge in [-0.2, -0.15) is 13.2 Å². The topological polar surface area (TPSA) is 29.3 Å². The average molecular weight is 208 g/mol. The summed E-state index contributed by atoms with van der Waals surface area (Å²) in [6.07, 6.45) is -2.24. The lowest BCUT2D eigenvalue weighted by molar-refractivity contribution is -0.200. The van der Waals surface area contributed by atoms with Crippen LogP contribution in [0.25, 0.3) is 0 Å². The molecule has 2 atom stereocenters. The normalized spacial score (nSPS) is 39.9. The lowest BCUT2D eigenvalue weighted by Gasteiger charge is -2.42. The quantitative estimate of drug-likeness (QED) is 0.653. The van der Waals surface area contributed by atoms with Crippen molar-refractivity contribution in [1.29, 1.82) is 0 Å². The van der Waals surface area contributed by atoms with Gasteiger partial charge in [-0.05, 0) is 32.2 Å². The molecule has 2 aliphatic heterocycles. The Morgan fingerprint density at radius 1 is 1.29 bits per heavy atom. The first-order valence-corrected chi connectivity index (χ1v) is 5.02. The van der Waals surface area contributed by atoms with E-state index in [1.54, 1.807) is 0 Å². The Morgan fingerprint density at radius 3 is 2.64 bits per heavy atom. The van der Waals surface area contributed by atoms with Crippen LogP contribution in [0.15, 0.2) is 0 Å². The first-order chi connectivity index (χ1) is 6.42. The summed E-state index contributed by atoms with van der Waals surface area (Å²) in [5.41, 5.74) is 3.51. The minimum atomic E-state index is -4.25. The number of halogens is 3. The van der Waals surface area contributed by atoms with Crippen molar-refractivity contribution >= 4 is 0 Å². The molecule has 0 radical (unpaired) electrons. The molecular formula is C9H15F3N2. The van der Waals surface area contributed by atoms with Crippen LogP contribution in [0.1, 0.15) is 25.7 Å². The van der Waals surface area contributed by atoms with Crippen LogP contribution in [-0.2, 0) is 0 Å². The highest BCUT2D eigenvalue weighted by molar-refractivity contribution is 5.01. The van der Waals surface area contributed by atoms with Crippen molar-refractivity contribution in [3.8, 4) is 0 Å². The maximum absolute atomic E-state index is 12.6. The van der Waals surface area contributed by atoms with Crippen LogP contribution in [0.5, 0.6) is 0 Å². The van der Waals surface area contributed by atoms with E-state index in [0.29, 0.717) is 6.54 Å². The molecule has 14 heavy (non-hydrogen) atoms. The molecule has 2 saturated heterocycles. The number of nitrogens with two attached hydrogens (primary N) is 1. The summed E-state index contributed by atoms with van der Waals surface area (Å²) in [6.45, 7) is 1.44. The van der Waals surface area contributed by atoms with Gasteiger partial charge >= 0.3 is 6.18 Å². The summed E-state index contributed by atoms with van der Waals surface area (Å²) in [5.74, 6) is 0. The fourth-order valence-corrected chi connectivity index (χ4v) is 2.54. The Kier molecular flexibility index (Phi) is 2.27. The first-order valence-electron chi connectivity index (χ1n) is 5.02. The van der Waals surface area contributed by atoms with Crippen LogP contribution in [-0.4, -0.2) is 35.7 Å². The van der Waals surface area contributed by atoms with Gasteiger partial charge in [0.2, 0.25) is 0 Å². The zero-order valence-electron chi connectivity index (χ0n) is 7.98. The smallest absolute Gasteiger partial charge is 0.318 e. The molecule has 2 rings (SSSR count). The third-order valence-corrected chi connectivity index (χ3v) is 3.51. The van der Waals surface area contributed by atoms with E-state index < -0.39 is 11.7 Å². The molecular weight excluding hydrogens is 193 g/mol. The molecule has 0 aromatic heterocycles. The van der Waals surface area contributed by atoms with Crippen LogP contribution in [0.3, 0.4) is 0 Å². The molecule has 5 heteroatoms. The van der Waals surface area contributed by atoms with E-state index in [9.17, 15) is 13.2 Å². The first kappa shape index (κ1) is 10.2. The summed E-state index contributed by atoms with van der Waals surface area (Å²) >= 11 is 0. The van der Waals surface area contributed by atoms with Gasteiger partial charge in [0, 0.05) is 12.6 Å². The minimum absolute atomic E-state index is 0.0486. The monoisotopic (exact) mass is 208 g/mol. The Labute approximate surface area is 81.2 Å². The molecule has 0 bridgehead atoms. The number of hydrogen-bond donors (Lipinski definition) is 1. The summed E-state index contributed by atoms with van der Waals surface area (Å²) < 4.78 is 37.9. The molecule has 0 saturated carbocycles. The maximum Gasteiger partial charge on any atom is 0.406 e. The third kappa shape index (κ3) is 1.52. The number of rotatable bonds is 0. The second kappa shape index (κ2) is 3.10. The number of nitrogens with zero attached hydrogens (tertiary/aromatic N) is 1.